The standard InChI is InChI=1S/C3H6N2S2/c6-3-5-1-4-2-7-3/h4H,1-2H2,(H,5,6). The summed E-state index contributed by atoms with van der Waals surface area (Å²) in [5.41, 5.74) is 0. The summed E-state index contributed by atoms with van der Waals surface area (Å²) in [6.45, 7) is 0.825. The van der Waals surface area contributed by atoms with Crippen LogP contribution in [-0.4, -0.2) is 16.9 Å². The van der Waals surface area contributed by atoms with Crippen molar-refractivity contribution in [1.29, 1.82) is 0 Å². The fourth-order valence-corrected chi connectivity index (χ4v) is 1.11. The second-order valence-corrected chi connectivity index (χ2v) is 2.83. The highest BCUT2D eigenvalue weighted by Gasteiger charge is 1.99. The molecule has 0 aromatic heterocycles. The van der Waals surface area contributed by atoms with Gasteiger partial charge in [-0.05, 0) is 0 Å². The number of nitrogens with one attached hydrogen (secondary N) is 2. The molecule has 1 rings (SSSR count). The van der Waals surface area contributed by atoms with Crippen LogP contribution in [0.4, 0.5) is 0 Å². The van der Waals surface area contributed by atoms with Gasteiger partial charge in [-0.2, -0.15) is 0 Å². The average molecular weight is 134 g/mol. The lowest BCUT2D eigenvalue weighted by Gasteiger charge is -2.13. The number of thiocarbonyl (C=S) groups is 1. The normalized spacial score (nSPS) is 21.4. The molecule has 0 amide bonds. The lowest BCUT2D eigenvalue weighted by Crippen LogP contribution is -2.36. The van der Waals surface area contributed by atoms with Crippen LogP contribution in [-0.2, 0) is 0 Å². The van der Waals surface area contributed by atoms with Crippen LogP contribution in [0.1, 0.15) is 0 Å². The molecule has 0 atom stereocenters. The smallest absolute Gasteiger partial charge is 0.136 e. The summed E-state index contributed by atoms with van der Waals surface area (Å²) in [6.07, 6.45) is 0. The van der Waals surface area contributed by atoms with Crippen LogP contribution in [0.15, 0.2) is 0 Å². The van der Waals surface area contributed by atoms with E-state index in [0.717, 1.165) is 16.9 Å². The highest BCUT2D eigenvalue weighted by atomic mass is 32.2. The van der Waals surface area contributed by atoms with Gasteiger partial charge in [0.15, 0.2) is 0 Å². The minimum absolute atomic E-state index is 0.825. The predicted molar refractivity (Wildman–Crippen MR) is 36.2 cm³/mol. The van der Waals surface area contributed by atoms with Crippen molar-refractivity contribution >= 4 is 28.3 Å². The van der Waals surface area contributed by atoms with Gasteiger partial charge in [0, 0.05) is 0 Å². The third kappa shape index (κ3) is 1.63. The number of hydrogen-bond acceptors (Lipinski definition) is 3. The third-order valence-corrected chi connectivity index (χ3v) is 1.92. The SMILES string of the molecule is S=C1NCNCS1. The maximum absolute atomic E-state index is 4.82. The van der Waals surface area contributed by atoms with E-state index < -0.39 is 0 Å². The van der Waals surface area contributed by atoms with E-state index in [2.05, 4.69) is 10.6 Å². The molecule has 0 spiro atoms. The lowest BCUT2D eigenvalue weighted by molar-refractivity contribution is 0.745. The third-order valence-electron chi connectivity index (χ3n) is 0.663. The van der Waals surface area contributed by atoms with Gasteiger partial charge in [0.1, 0.15) is 4.32 Å². The second kappa shape index (κ2) is 2.49. The molecule has 2 N–H and O–H groups in total. The van der Waals surface area contributed by atoms with E-state index >= 15 is 0 Å². The number of thioether (sulfide) groups is 1. The Morgan fingerprint density at radius 2 is 2.57 bits per heavy atom. The minimum Gasteiger partial charge on any atom is -0.358 e. The van der Waals surface area contributed by atoms with Gasteiger partial charge in [-0.1, -0.05) is 24.0 Å². The first-order valence-corrected chi connectivity index (χ1v) is 3.40. The molecular weight excluding hydrogens is 128 g/mol. The minimum atomic E-state index is 0.825. The van der Waals surface area contributed by atoms with Gasteiger partial charge >= 0.3 is 0 Å². The molecule has 0 aliphatic carbocycles. The van der Waals surface area contributed by atoms with Crippen molar-refractivity contribution < 1.29 is 0 Å². The Bertz CT molecular complexity index is 75.0. The van der Waals surface area contributed by atoms with Crippen molar-refractivity contribution in [2.45, 2.75) is 0 Å². The Morgan fingerprint density at radius 1 is 1.71 bits per heavy atom. The van der Waals surface area contributed by atoms with Gasteiger partial charge in [0.25, 0.3) is 0 Å². The zero-order chi connectivity index (χ0) is 5.11. The van der Waals surface area contributed by atoms with Gasteiger partial charge in [0.05, 0.1) is 12.5 Å². The highest BCUT2D eigenvalue weighted by molar-refractivity contribution is 8.23. The van der Waals surface area contributed by atoms with Gasteiger partial charge in [-0.15, -0.1) is 0 Å². The Labute approximate surface area is 52.0 Å². The van der Waals surface area contributed by atoms with Crippen molar-refractivity contribution in [2.75, 3.05) is 12.5 Å². The van der Waals surface area contributed by atoms with Gasteiger partial charge < -0.3 is 5.32 Å². The quantitative estimate of drug-likeness (QED) is 0.459. The molecule has 40 valence electrons. The maximum atomic E-state index is 4.82. The Morgan fingerprint density at radius 3 is 2.86 bits per heavy atom. The van der Waals surface area contributed by atoms with Crippen LogP contribution in [0.25, 0.3) is 0 Å². The van der Waals surface area contributed by atoms with Gasteiger partial charge in [0.2, 0.25) is 0 Å². The van der Waals surface area contributed by atoms with E-state index in [-0.39, 0.29) is 0 Å². The van der Waals surface area contributed by atoms with Crippen molar-refractivity contribution in [2.24, 2.45) is 0 Å². The summed E-state index contributed by atoms with van der Waals surface area (Å²) in [4.78, 5) is 0. The van der Waals surface area contributed by atoms with E-state index in [1.807, 2.05) is 0 Å². The van der Waals surface area contributed by atoms with Crippen LogP contribution in [0.2, 0.25) is 0 Å². The molecule has 0 unspecified atom stereocenters. The lowest BCUT2D eigenvalue weighted by atomic mass is 11.0. The molecule has 1 heterocycles. The van der Waals surface area contributed by atoms with E-state index in [1.54, 1.807) is 11.8 Å². The maximum Gasteiger partial charge on any atom is 0.136 e. The highest BCUT2D eigenvalue weighted by Crippen LogP contribution is 2.00. The molecule has 4 heteroatoms. The monoisotopic (exact) mass is 134 g/mol. The van der Waals surface area contributed by atoms with E-state index in [4.69, 9.17) is 12.2 Å². The molecule has 0 saturated carbocycles. The molecule has 1 aliphatic rings. The summed E-state index contributed by atoms with van der Waals surface area (Å²) in [5.74, 6) is 0.950. The molecular formula is C3H6N2S2. The fourth-order valence-electron chi connectivity index (χ4n) is 0.353. The Kier molecular flexibility index (Phi) is 1.90. The molecule has 0 aromatic rings. The largest absolute Gasteiger partial charge is 0.358 e. The molecule has 0 radical (unpaired) electrons. The zero-order valence-electron chi connectivity index (χ0n) is 3.73. The summed E-state index contributed by atoms with van der Waals surface area (Å²) >= 11 is 6.44. The van der Waals surface area contributed by atoms with Gasteiger partial charge in [-0.3, -0.25) is 5.32 Å². The second-order valence-electron chi connectivity index (χ2n) is 1.18. The zero-order valence-corrected chi connectivity index (χ0v) is 5.36. The Balaban J connectivity index is 2.25. The van der Waals surface area contributed by atoms with Crippen molar-refractivity contribution in [1.82, 2.24) is 10.6 Å². The van der Waals surface area contributed by atoms with Crippen LogP contribution >= 0.6 is 24.0 Å². The molecule has 1 aliphatic heterocycles. The number of hydrogen-bond donors (Lipinski definition) is 2. The van der Waals surface area contributed by atoms with E-state index in [0.29, 0.717) is 0 Å². The van der Waals surface area contributed by atoms with Crippen molar-refractivity contribution in [3.63, 3.8) is 0 Å². The van der Waals surface area contributed by atoms with Crippen LogP contribution in [0.3, 0.4) is 0 Å². The molecule has 2 nitrogen and oxygen atoms in total. The first kappa shape index (κ1) is 5.34. The molecule has 0 bridgehead atoms. The van der Waals surface area contributed by atoms with E-state index in [1.165, 1.54) is 0 Å². The topological polar surface area (TPSA) is 24.1 Å². The van der Waals surface area contributed by atoms with Crippen LogP contribution in [0.5, 0.6) is 0 Å². The first-order valence-electron chi connectivity index (χ1n) is 2.01. The predicted octanol–water partition coefficient (Wildman–Crippen LogP) is 0.112. The summed E-state index contributed by atoms with van der Waals surface area (Å²) in [5, 5.41) is 6.04. The summed E-state index contributed by atoms with van der Waals surface area (Å²) < 4.78 is 0.902. The Hall–Kier alpha value is 0.200. The van der Waals surface area contributed by atoms with Crippen LogP contribution in [0, 0.1) is 0 Å². The van der Waals surface area contributed by atoms with Crippen molar-refractivity contribution in [3.8, 4) is 0 Å². The average Bonchev–Trinajstić information content (AvgIpc) is 1.69. The van der Waals surface area contributed by atoms with Crippen LogP contribution < -0.4 is 10.6 Å². The summed E-state index contributed by atoms with van der Waals surface area (Å²) in [6, 6.07) is 0. The van der Waals surface area contributed by atoms with Crippen molar-refractivity contribution in [3.05, 3.63) is 0 Å². The molecule has 1 saturated heterocycles. The fraction of sp³-hybridized carbons (Fsp3) is 0.667. The summed E-state index contributed by atoms with van der Waals surface area (Å²) in [7, 11) is 0. The molecule has 1 fully saturated rings. The van der Waals surface area contributed by atoms with Gasteiger partial charge in [-0.25, -0.2) is 0 Å². The van der Waals surface area contributed by atoms with E-state index in [9.17, 15) is 0 Å². The first-order chi connectivity index (χ1) is 3.39. The molecule has 0 aromatic carbocycles. The number of rotatable bonds is 0. The molecule has 7 heavy (non-hydrogen) atoms.